The van der Waals surface area contributed by atoms with Gasteiger partial charge in [0, 0.05) is 20.1 Å². The number of thiophene rings is 1. The molecule has 1 N–H and O–H groups in total. The van der Waals surface area contributed by atoms with Gasteiger partial charge < -0.3 is 4.90 Å². The van der Waals surface area contributed by atoms with Crippen molar-refractivity contribution >= 4 is 28.9 Å². The van der Waals surface area contributed by atoms with Gasteiger partial charge in [0.15, 0.2) is 12.0 Å². The highest BCUT2D eigenvalue weighted by molar-refractivity contribution is 7.10. The minimum absolute atomic E-state index is 0.0343. The number of nitrogens with zero attached hydrogens (tertiary/aromatic N) is 5. The van der Waals surface area contributed by atoms with E-state index in [0.29, 0.717) is 0 Å². The zero-order valence-electron chi connectivity index (χ0n) is 14.3. The van der Waals surface area contributed by atoms with Crippen molar-refractivity contribution in [3.8, 4) is 0 Å². The van der Waals surface area contributed by atoms with E-state index in [4.69, 9.17) is 0 Å². The van der Waals surface area contributed by atoms with Crippen molar-refractivity contribution in [1.29, 1.82) is 0 Å². The molecule has 1 atom stereocenters. The number of amides is 1. The standard InChI is InChI=1S/C17H22N6OS/c1-21-14(18-12-16(24)22-9-3-2-4-10-22)7-8-15-19-20-17(23(15)21)13-6-5-11-25-13/h5-8,11,17,20H,2-4,9-10,12H2,1H3. The number of piperidine rings is 1. The van der Waals surface area contributed by atoms with E-state index in [1.54, 1.807) is 11.3 Å². The van der Waals surface area contributed by atoms with Crippen LogP contribution in [0.15, 0.2) is 39.8 Å². The van der Waals surface area contributed by atoms with Crippen molar-refractivity contribution in [3.63, 3.8) is 0 Å². The highest BCUT2D eigenvalue weighted by Gasteiger charge is 2.35. The first-order valence-corrected chi connectivity index (χ1v) is 9.52. The Morgan fingerprint density at radius 1 is 1.36 bits per heavy atom. The van der Waals surface area contributed by atoms with Crippen LogP contribution in [0.1, 0.15) is 30.3 Å². The number of carbonyl (C=O) groups is 1. The molecule has 8 heteroatoms. The van der Waals surface area contributed by atoms with Crippen LogP contribution in [-0.2, 0) is 4.79 Å². The summed E-state index contributed by atoms with van der Waals surface area (Å²) >= 11 is 1.69. The molecule has 1 fully saturated rings. The number of amidine groups is 2. The monoisotopic (exact) mass is 358 g/mol. The first kappa shape index (κ1) is 16.1. The Morgan fingerprint density at radius 3 is 2.96 bits per heavy atom. The van der Waals surface area contributed by atoms with E-state index in [9.17, 15) is 4.79 Å². The molecular formula is C17H22N6OS. The molecule has 3 aliphatic rings. The Morgan fingerprint density at radius 2 is 2.20 bits per heavy atom. The van der Waals surface area contributed by atoms with Crippen LogP contribution >= 0.6 is 11.3 Å². The minimum atomic E-state index is -0.0343. The Hall–Kier alpha value is -2.35. The van der Waals surface area contributed by atoms with Gasteiger partial charge in [0.1, 0.15) is 12.4 Å². The van der Waals surface area contributed by atoms with Crippen LogP contribution in [0.25, 0.3) is 0 Å². The van der Waals surface area contributed by atoms with E-state index in [0.717, 1.165) is 37.6 Å². The molecule has 1 unspecified atom stereocenters. The maximum atomic E-state index is 12.4. The SMILES string of the molecule is CN1C(=NCC(=O)N2CCCCC2)C=CC2=NNC(c3cccs3)N21. The van der Waals surface area contributed by atoms with Gasteiger partial charge in [-0.3, -0.25) is 20.2 Å². The predicted octanol–water partition coefficient (Wildman–Crippen LogP) is 1.79. The van der Waals surface area contributed by atoms with Crippen molar-refractivity contribution in [2.45, 2.75) is 25.4 Å². The average Bonchev–Trinajstić information content (AvgIpc) is 3.31. The van der Waals surface area contributed by atoms with Gasteiger partial charge in [0.25, 0.3) is 0 Å². The first-order valence-electron chi connectivity index (χ1n) is 8.64. The number of rotatable bonds is 3. The number of hydrazone groups is 1. The fourth-order valence-electron chi connectivity index (χ4n) is 3.35. The molecule has 4 rings (SSSR count). The van der Waals surface area contributed by atoms with Crippen molar-refractivity contribution < 1.29 is 4.79 Å². The molecular weight excluding hydrogens is 336 g/mol. The number of likely N-dealkylation sites (N-methyl/N-ethyl adjacent to an activating group) is 1. The van der Waals surface area contributed by atoms with Gasteiger partial charge >= 0.3 is 0 Å². The van der Waals surface area contributed by atoms with Crippen LogP contribution in [0, 0.1) is 0 Å². The number of aliphatic imine (C=N–C) groups is 1. The van der Waals surface area contributed by atoms with Gasteiger partial charge in [-0.05, 0) is 42.9 Å². The fraction of sp³-hybridized carbons (Fsp3) is 0.471. The molecule has 0 spiro atoms. The summed E-state index contributed by atoms with van der Waals surface area (Å²) in [6.45, 7) is 1.92. The Balaban J connectivity index is 1.47. The smallest absolute Gasteiger partial charge is 0.244 e. The van der Waals surface area contributed by atoms with Gasteiger partial charge in [-0.25, -0.2) is 5.01 Å². The van der Waals surface area contributed by atoms with Crippen LogP contribution in [0.4, 0.5) is 0 Å². The lowest BCUT2D eigenvalue weighted by molar-refractivity contribution is -0.130. The molecule has 3 aliphatic heterocycles. The second-order valence-corrected chi connectivity index (χ2v) is 7.31. The highest BCUT2D eigenvalue weighted by Crippen LogP contribution is 2.29. The summed E-state index contributed by atoms with van der Waals surface area (Å²) in [6.07, 6.45) is 7.24. The van der Waals surface area contributed by atoms with E-state index in [2.05, 4.69) is 32.0 Å². The topological polar surface area (TPSA) is 63.5 Å². The Kier molecular flexibility index (Phi) is 4.44. The van der Waals surface area contributed by atoms with Gasteiger partial charge in [-0.2, -0.15) is 5.10 Å². The number of nitrogens with one attached hydrogen (secondary N) is 1. The third kappa shape index (κ3) is 3.13. The molecule has 4 heterocycles. The van der Waals surface area contributed by atoms with Crippen LogP contribution in [-0.4, -0.2) is 59.2 Å². The van der Waals surface area contributed by atoms with Gasteiger partial charge in [0.2, 0.25) is 5.91 Å². The molecule has 0 radical (unpaired) electrons. The summed E-state index contributed by atoms with van der Waals surface area (Å²) in [6, 6.07) is 4.12. The summed E-state index contributed by atoms with van der Waals surface area (Å²) < 4.78 is 0. The minimum Gasteiger partial charge on any atom is -0.341 e. The molecule has 7 nitrogen and oxygen atoms in total. The van der Waals surface area contributed by atoms with Crippen LogP contribution < -0.4 is 5.43 Å². The molecule has 132 valence electrons. The summed E-state index contributed by atoms with van der Waals surface area (Å²) in [4.78, 5) is 20.0. The second-order valence-electron chi connectivity index (χ2n) is 6.33. The first-order chi connectivity index (χ1) is 12.2. The fourth-order valence-corrected chi connectivity index (χ4v) is 4.10. The number of hydrazine groups is 1. The Bertz CT molecular complexity index is 720. The summed E-state index contributed by atoms with van der Waals surface area (Å²) in [7, 11) is 1.96. The molecule has 0 bridgehead atoms. The maximum Gasteiger partial charge on any atom is 0.244 e. The largest absolute Gasteiger partial charge is 0.341 e. The zero-order chi connectivity index (χ0) is 17.2. The van der Waals surface area contributed by atoms with Crippen LogP contribution in [0.3, 0.4) is 0 Å². The normalized spacial score (nSPS) is 24.4. The zero-order valence-corrected chi connectivity index (χ0v) is 15.1. The van der Waals surface area contributed by atoms with E-state index in [-0.39, 0.29) is 18.6 Å². The van der Waals surface area contributed by atoms with Crippen molar-refractivity contribution in [1.82, 2.24) is 20.3 Å². The second kappa shape index (κ2) is 6.87. The molecule has 0 aromatic carbocycles. The lowest BCUT2D eigenvalue weighted by Crippen LogP contribution is -2.49. The van der Waals surface area contributed by atoms with E-state index < -0.39 is 0 Å². The third-order valence-corrected chi connectivity index (χ3v) is 5.64. The van der Waals surface area contributed by atoms with Gasteiger partial charge in [0.05, 0.1) is 4.88 Å². The number of fused-ring (bicyclic) bond motifs is 1. The maximum absolute atomic E-state index is 12.4. The molecule has 25 heavy (non-hydrogen) atoms. The summed E-state index contributed by atoms with van der Waals surface area (Å²) in [5.74, 6) is 1.74. The predicted molar refractivity (Wildman–Crippen MR) is 99.1 cm³/mol. The van der Waals surface area contributed by atoms with E-state index in [1.165, 1.54) is 11.3 Å². The highest BCUT2D eigenvalue weighted by atomic mass is 32.1. The molecule has 1 aromatic rings. The van der Waals surface area contributed by atoms with Crippen molar-refractivity contribution in [3.05, 3.63) is 34.5 Å². The quantitative estimate of drug-likeness (QED) is 0.895. The average molecular weight is 358 g/mol. The number of hydrogen-bond donors (Lipinski definition) is 1. The van der Waals surface area contributed by atoms with E-state index >= 15 is 0 Å². The molecule has 1 amide bonds. The van der Waals surface area contributed by atoms with Gasteiger partial charge in [-0.1, -0.05) is 6.07 Å². The van der Waals surface area contributed by atoms with Crippen molar-refractivity contribution in [2.24, 2.45) is 10.1 Å². The molecule has 0 saturated carbocycles. The van der Waals surface area contributed by atoms with Crippen LogP contribution in [0.2, 0.25) is 0 Å². The van der Waals surface area contributed by atoms with Crippen molar-refractivity contribution in [2.75, 3.05) is 26.7 Å². The summed E-state index contributed by atoms with van der Waals surface area (Å²) in [5.41, 5.74) is 3.17. The molecule has 1 aromatic heterocycles. The molecule has 1 saturated heterocycles. The molecule has 0 aliphatic carbocycles. The van der Waals surface area contributed by atoms with Gasteiger partial charge in [-0.15, -0.1) is 11.3 Å². The van der Waals surface area contributed by atoms with Crippen LogP contribution in [0.5, 0.6) is 0 Å². The lowest BCUT2D eigenvalue weighted by Gasteiger charge is -2.37. The number of hydrogen-bond acceptors (Lipinski definition) is 6. The lowest BCUT2D eigenvalue weighted by atomic mass is 10.1. The number of carbonyl (C=O) groups excluding carboxylic acids is 1. The number of likely N-dealkylation sites (tertiary alicyclic amines) is 1. The Labute approximate surface area is 151 Å². The summed E-state index contributed by atoms with van der Waals surface area (Å²) in [5, 5.41) is 10.5. The third-order valence-electron chi connectivity index (χ3n) is 4.71. The van der Waals surface area contributed by atoms with E-state index in [1.807, 2.05) is 35.2 Å².